The summed E-state index contributed by atoms with van der Waals surface area (Å²) < 4.78 is 12.4. The predicted molar refractivity (Wildman–Crippen MR) is 123 cm³/mol. The fourth-order valence-corrected chi connectivity index (χ4v) is 4.49. The van der Waals surface area contributed by atoms with Gasteiger partial charge < -0.3 is 14.4 Å². The highest BCUT2D eigenvalue weighted by Crippen LogP contribution is 2.38. The molecule has 2 aromatic carbocycles. The van der Waals surface area contributed by atoms with Crippen LogP contribution in [0.2, 0.25) is 10.0 Å². The number of likely N-dealkylation sites (tertiary alicyclic amines) is 1. The summed E-state index contributed by atoms with van der Waals surface area (Å²) in [6, 6.07) is 9.27. The van der Waals surface area contributed by atoms with Crippen molar-refractivity contribution in [1.82, 2.24) is 4.90 Å². The molecular weight excluding hydrogens is 481 g/mol. The van der Waals surface area contributed by atoms with E-state index in [-0.39, 0.29) is 0 Å². The monoisotopic (exact) mass is 501 g/mol. The highest BCUT2D eigenvalue weighted by Gasteiger charge is 2.21. The maximum atomic E-state index is 6.24. The molecule has 2 aromatic rings. The zero-order valence-electron chi connectivity index (χ0n) is 15.8. The smallest absolute Gasteiger partial charge is 0.175 e. The molecule has 0 saturated carbocycles. The number of rotatable bonds is 5. The first-order chi connectivity index (χ1) is 13.4. The third-order valence-electron chi connectivity index (χ3n) is 4.93. The van der Waals surface area contributed by atoms with Crippen LogP contribution in [0.1, 0.15) is 30.9 Å². The van der Waals surface area contributed by atoms with Crippen molar-refractivity contribution < 1.29 is 9.47 Å². The number of ether oxygens (including phenoxy) is 2. The maximum Gasteiger partial charge on any atom is 0.175 e. The molecule has 1 fully saturated rings. The Morgan fingerprint density at radius 2 is 1.93 bits per heavy atom. The van der Waals surface area contributed by atoms with Gasteiger partial charge in [-0.15, -0.1) is 0 Å². The summed E-state index contributed by atoms with van der Waals surface area (Å²) in [5.41, 5.74) is 1.80. The van der Waals surface area contributed by atoms with E-state index in [1.165, 1.54) is 12.8 Å². The van der Waals surface area contributed by atoms with Crippen LogP contribution < -0.4 is 9.47 Å². The van der Waals surface area contributed by atoms with Crippen molar-refractivity contribution in [1.29, 1.82) is 0 Å². The highest BCUT2D eigenvalue weighted by molar-refractivity contribution is 9.10. The van der Waals surface area contributed by atoms with E-state index in [4.69, 9.17) is 44.9 Å². The van der Waals surface area contributed by atoms with Crippen molar-refractivity contribution >= 4 is 56.3 Å². The van der Waals surface area contributed by atoms with Crippen molar-refractivity contribution in [2.45, 2.75) is 26.4 Å². The molecule has 0 radical (unpaired) electrons. The average Bonchev–Trinajstić information content (AvgIpc) is 2.67. The van der Waals surface area contributed by atoms with E-state index in [1.54, 1.807) is 19.2 Å². The molecule has 1 saturated heterocycles. The number of halogens is 3. The van der Waals surface area contributed by atoms with Gasteiger partial charge in [0.15, 0.2) is 11.5 Å². The molecular formula is C21H22BrCl2NO2S. The van der Waals surface area contributed by atoms with E-state index in [0.29, 0.717) is 28.2 Å². The number of benzene rings is 2. The Kier molecular flexibility index (Phi) is 7.48. The Balaban J connectivity index is 1.78. The molecule has 0 amide bonds. The van der Waals surface area contributed by atoms with Gasteiger partial charge in [0.25, 0.3) is 0 Å². The molecule has 0 aliphatic carbocycles. The molecule has 3 rings (SSSR count). The molecule has 1 heterocycles. The number of nitrogens with zero attached hydrogens (tertiary/aromatic N) is 1. The zero-order valence-corrected chi connectivity index (χ0v) is 19.7. The molecule has 0 atom stereocenters. The Hall–Kier alpha value is -1.01. The Morgan fingerprint density at radius 1 is 1.21 bits per heavy atom. The molecule has 28 heavy (non-hydrogen) atoms. The third kappa shape index (κ3) is 5.12. The van der Waals surface area contributed by atoms with Gasteiger partial charge in [0.2, 0.25) is 0 Å². The lowest BCUT2D eigenvalue weighted by Gasteiger charge is -2.32. The summed E-state index contributed by atoms with van der Waals surface area (Å²) in [7, 11) is 1.62. The van der Waals surface area contributed by atoms with Gasteiger partial charge in [-0.2, -0.15) is 0 Å². The first-order valence-electron chi connectivity index (χ1n) is 9.12. The molecule has 150 valence electrons. The van der Waals surface area contributed by atoms with Gasteiger partial charge in [0, 0.05) is 34.3 Å². The second-order valence-corrected chi connectivity index (χ2v) is 9.07. The molecule has 1 aliphatic heterocycles. The lowest BCUT2D eigenvalue weighted by molar-refractivity contribution is 0.281. The molecule has 7 heteroatoms. The minimum Gasteiger partial charge on any atom is -0.493 e. The SMILES string of the molecule is COc1cc(C(=S)N2CCC(C)CC2)cc(Br)c1OCc1ccc(Cl)cc1Cl. The van der Waals surface area contributed by atoms with Crippen LogP contribution in [0.15, 0.2) is 34.8 Å². The van der Waals surface area contributed by atoms with Gasteiger partial charge in [-0.1, -0.05) is 48.4 Å². The fraction of sp³-hybridized carbons (Fsp3) is 0.381. The number of thiocarbonyl (C=S) groups is 1. The largest absolute Gasteiger partial charge is 0.493 e. The molecule has 0 spiro atoms. The molecule has 0 aromatic heterocycles. The fourth-order valence-electron chi connectivity index (χ4n) is 3.17. The Morgan fingerprint density at radius 3 is 2.57 bits per heavy atom. The predicted octanol–water partition coefficient (Wildman–Crippen LogP) is 6.75. The molecule has 3 nitrogen and oxygen atoms in total. The zero-order chi connectivity index (χ0) is 20.3. The van der Waals surface area contributed by atoms with E-state index < -0.39 is 0 Å². The van der Waals surface area contributed by atoms with Crippen LogP contribution in [0.4, 0.5) is 0 Å². The minimum absolute atomic E-state index is 0.304. The second-order valence-electron chi connectivity index (χ2n) is 6.99. The van der Waals surface area contributed by atoms with Crippen molar-refractivity contribution in [3.05, 3.63) is 56.0 Å². The van der Waals surface area contributed by atoms with Crippen LogP contribution in [0, 0.1) is 5.92 Å². The molecule has 0 N–H and O–H groups in total. The van der Waals surface area contributed by atoms with Gasteiger partial charge in [-0.25, -0.2) is 0 Å². The first-order valence-corrected chi connectivity index (χ1v) is 11.1. The number of methoxy groups -OCH3 is 1. The van der Waals surface area contributed by atoms with E-state index in [0.717, 1.165) is 39.6 Å². The van der Waals surface area contributed by atoms with Crippen LogP contribution in [0.3, 0.4) is 0 Å². The number of hydrogen-bond acceptors (Lipinski definition) is 3. The minimum atomic E-state index is 0.304. The van der Waals surface area contributed by atoms with Gasteiger partial charge in [0.05, 0.1) is 11.6 Å². The van der Waals surface area contributed by atoms with Crippen LogP contribution >= 0.6 is 51.3 Å². The average molecular weight is 503 g/mol. The molecule has 1 aliphatic rings. The van der Waals surface area contributed by atoms with Crippen molar-refractivity contribution in [3.63, 3.8) is 0 Å². The first kappa shape index (κ1) is 21.7. The van der Waals surface area contributed by atoms with E-state index >= 15 is 0 Å². The van der Waals surface area contributed by atoms with Gasteiger partial charge in [-0.3, -0.25) is 0 Å². The normalized spacial score (nSPS) is 14.8. The van der Waals surface area contributed by atoms with Crippen LogP contribution in [0.25, 0.3) is 0 Å². The van der Waals surface area contributed by atoms with Gasteiger partial charge in [-0.05, 0) is 59.0 Å². The van der Waals surface area contributed by atoms with Gasteiger partial charge in [0.1, 0.15) is 11.6 Å². The highest BCUT2D eigenvalue weighted by atomic mass is 79.9. The van der Waals surface area contributed by atoms with Crippen LogP contribution in [-0.2, 0) is 6.61 Å². The summed E-state index contributed by atoms with van der Waals surface area (Å²) in [6.45, 7) is 4.58. The number of piperidine rings is 1. The third-order valence-corrected chi connectivity index (χ3v) is 6.60. The Bertz CT molecular complexity index is 870. The standard InChI is InChI=1S/C21H22BrCl2NO2S/c1-13-5-7-25(8-6-13)21(28)15-9-17(22)20(19(10-15)26-2)27-12-14-3-4-16(23)11-18(14)24/h3-4,9-11,13H,5-8,12H2,1-2H3. The Labute approximate surface area is 190 Å². The topological polar surface area (TPSA) is 21.7 Å². The maximum absolute atomic E-state index is 6.24. The van der Waals surface area contributed by atoms with Crippen molar-refractivity contribution in [2.75, 3.05) is 20.2 Å². The van der Waals surface area contributed by atoms with E-state index in [9.17, 15) is 0 Å². The number of hydrogen-bond donors (Lipinski definition) is 0. The van der Waals surface area contributed by atoms with Gasteiger partial charge >= 0.3 is 0 Å². The summed E-state index contributed by atoms with van der Waals surface area (Å²) in [6.07, 6.45) is 2.34. The van der Waals surface area contributed by atoms with Crippen LogP contribution in [-0.4, -0.2) is 30.1 Å². The van der Waals surface area contributed by atoms with Crippen LogP contribution in [0.5, 0.6) is 11.5 Å². The summed E-state index contributed by atoms with van der Waals surface area (Å²) in [4.78, 5) is 3.11. The molecule has 0 unspecified atom stereocenters. The van der Waals surface area contributed by atoms with E-state index in [2.05, 4.69) is 27.8 Å². The van der Waals surface area contributed by atoms with Crippen molar-refractivity contribution in [3.8, 4) is 11.5 Å². The second kappa shape index (κ2) is 9.66. The quantitative estimate of drug-likeness (QED) is 0.421. The molecule has 0 bridgehead atoms. The lowest BCUT2D eigenvalue weighted by atomic mass is 9.99. The lowest BCUT2D eigenvalue weighted by Crippen LogP contribution is -2.37. The van der Waals surface area contributed by atoms with Crippen molar-refractivity contribution in [2.24, 2.45) is 5.92 Å². The summed E-state index contributed by atoms with van der Waals surface area (Å²) in [5, 5.41) is 1.16. The summed E-state index contributed by atoms with van der Waals surface area (Å²) in [5.74, 6) is 2.00. The summed E-state index contributed by atoms with van der Waals surface area (Å²) >= 11 is 21.5. The van der Waals surface area contributed by atoms with E-state index in [1.807, 2.05) is 18.2 Å².